The molecule has 4 heteroatoms. The molecule has 2 unspecified atom stereocenters. The van der Waals surface area contributed by atoms with Crippen molar-refractivity contribution in [2.24, 2.45) is 5.41 Å². The molecule has 0 bridgehead atoms. The van der Waals surface area contributed by atoms with Crippen LogP contribution in [0.3, 0.4) is 0 Å². The van der Waals surface area contributed by atoms with Crippen LogP contribution in [0.2, 0.25) is 0 Å². The van der Waals surface area contributed by atoms with Crippen molar-refractivity contribution in [1.29, 1.82) is 0 Å². The molecule has 19 heavy (non-hydrogen) atoms. The van der Waals surface area contributed by atoms with Crippen LogP contribution in [0.4, 0.5) is 0 Å². The van der Waals surface area contributed by atoms with Crippen LogP contribution in [0.25, 0.3) is 0 Å². The summed E-state index contributed by atoms with van der Waals surface area (Å²) in [6.07, 6.45) is 5.47. The van der Waals surface area contributed by atoms with Gasteiger partial charge in [-0.3, -0.25) is 0 Å². The minimum Gasteiger partial charge on any atom is -0.378 e. The topological polar surface area (TPSA) is 39.7 Å². The summed E-state index contributed by atoms with van der Waals surface area (Å²) in [5.41, 5.74) is 0.416. The minimum absolute atomic E-state index is 0.113. The Labute approximate surface area is 117 Å². The lowest BCUT2D eigenvalue weighted by molar-refractivity contribution is -0.182. The van der Waals surface area contributed by atoms with Gasteiger partial charge < -0.3 is 19.5 Å². The van der Waals surface area contributed by atoms with Gasteiger partial charge >= 0.3 is 0 Å². The zero-order valence-electron chi connectivity index (χ0n) is 12.6. The van der Waals surface area contributed by atoms with Gasteiger partial charge in [-0.05, 0) is 40.0 Å². The summed E-state index contributed by atoms with van der Waals surface area (Å²) >= 11 is 0. The summed E-state index contributed by atoms with van der Waals surface area (Å²) in [4.78, 5) is 0. The maximum absolute atomic E-state index is 5.87. The Morgan fingerprint density at radius 1 is 1.11 bits per heavy atom. The normalized spacial score (nSPS) is 28.4. The molecule has 0 amide bonds. The molecular weight excluding hydrogens is 242 g/mol. The van der Waals surface area contributed by atoms with Crippen LogP contribution in [0, 0.1) is 5.41 Å². The predicted octanol–water partition coefficient (Wildman–Crippen LogP) is 2.32. The second-order valence-corrected chi connectivity index (χ2v) is 5.57. The highest BCUT2D eigenvalue weighted by atomic mass is 16.7. The second-order valence-electron chi connectivity index (χ2n) is 5.57. The third-order valence-electron chi connectivity index (χ3n) is 4.67. The first kappa shape index (κ1) is 15.2. The number of hydrogen-bond donors (Lipinski definition) is 1. The van der Waals surface area contributed by atoms with Crippen LogP contribution in [0.15, 0.2) is 0 Å². The van der Waals surface area contributed by atoms with E-state index in [1.165, 1.54) is 19.3 Å². The molecule has 0 aliphatic heterocycles. The molecule has 0 aromatic rings. The summed E-state index contributed by atoms with van der Waals surface area (Å²) in [6, 6.07) is 0.584. The van der Waals surface area contributed by atoms with E-state index >= 15 is 0 Å². The first-order valence-corrected chi connectivity index (χ1v) is 7.85. The first-order valence-electron chi connectivity index (χ1n) is 7.85. The van der Waals surface area contributed by atoms with Crippen molar-refractivity contribution in [3.8, 4) is 0 Å². The molecule has 0 heterocycles. The molecule has 2 rings (SSSR count). The molecule has 0 aromatic heterocycles. The molecule has 0 aromatic carbocycles. The van der Waals surface area contributed by atoms with E-state index in [0.29, 0.717) is 30.8 Å². The third kappa shape index (κ3) is 3.13. The van der Waals surface area contributed by atoms with E-state index in [4.69, 9.17) is 14.2 Å². The largest absolute Gasteiger partial charge is 0.378 e. The van der Waals surface area contributed by atoms with Crippen LogP contribution in [0.1, 0.15) is 46.5 Å². The van der Waals surface area contributed by atoms with E-state index < -0.39 is 0 Å². The van der Waals surface area contributed by atoms with Gasteiger partial charge in [-0.2, -0.15) is 0 Å². The highest BCUT2D eigenvalue weighted by Gasteiger charge is 2.58. The maximum atomic E-state index is 5.87. The second kappa shape index (κ2) is 7.02. The van der Waals surface area contributed by atoms with Crippen LogP contribution < -0.4 is 5.32 Å². The smallest absolute Gasteiger partial charge is 0.169 e. The molecule has 1 N–H and O–H groups in total. The standard InChI is InChI=1S/C15H29NO3/c1-4-17-13-10-12(15(13)8-7-9-15)16-11-14(18-5-2)19-6-3/h12-14,16H,4-11H2,1-3H3. The lowest BCUT2D eigenvalue weighted by Gasteiger charge is -2.61. The Kier molecular flexibility index (Phi) is 5.63. The zero-order valence-corrected chi connectivity index (χ0v) is 12.6. The van der Waals surface area contributed by atoms with E-state index in [1.807, 2.05) is 13.8 Å². The Morgan fingerprint density at radius 2 is 1.79 bits per heavy atom. The van der Waals surface area contributed by atoms with Gasteiger partial charge in [-0.1, -0.05) is 6.42 Å². The van der Waals surface area contributed by atoms with Gasteiger partial charge in [-0.15, -0.1) is 0 Å². The molecule has 2 aliphatic carbocycles. The van der Waals surface area contributed by atoms with Gasteiger partial charge in [0.2, 0.25) is 0 Å². The van der Waals surface area contributed by atoms with Crippen molar-refractivity contribution in [3.05, 3.63) is 0 Å². The molecule has 4 nitrogen and oxygen atoms in total. The fourth-order valence-electron chi connectivity index (χ4n) is 3.50. The number of hydrogen-bond acceptors (Lipinski definition) is 4. The van der Waals surface area contributed by atoms with Gasteiger partial charge in [0.1, 0.15) is 0 Å². The summed E-state index contributed by atoms with van der Waals surface area (Å²) in [7, 11) is 0. The van der Waals surface area contributed by atoms with Crippen molar-refractivity contribution in [2.75, 3.05) is 26.4 Å². The molecule has 1 spiro atoms. The van der Waals surface area contributed by atoms with Crippen LogP contribution in [-0.4, -0.2) is 44.8 Å². The summed E-state index contributed by atoms with van der Waals surface area (Å²) < 4.78 is 17.0. The molecule has 0 radical (unpaired) electrons. The Morgan fingerprint density at radius 3 is 2.26 bits per heavy atom. The summed E-state index contributed by atoms with van der Waals surface area (Å²) in [5.74, 6) is 0. The van der Waals surface area contributed by atoms with E-state index in [1.54, 1.807) is 0 Å². The third-order valence-corrected chi connectivity index (χ3v) is 4.67. The van der Waals surface area contributed by atoms with E-state index in [0.717, 1.165) is 19.6 Å². The van der Waals surface area contributed by atoms with Crippen molar-refractivity contribution >= 4 is 0 Å². The van der Waals surface area contributed by atoms with Crippen molar-refractivity contribution in [3.63, 3.8) is 0 Å². The highest BCUT2D eigenvalue weighted by Crippen LogP contribution is 2.57. The van der Waals surface area contributed by atoms with Gasteiger partial charge in [-0.25, -0.2) is 0 Å². The monoisotopic (exact) mass is 271 g/mol. The van der Waals surface area contributed by atoms with Gasteiger partial charge in [0, 0.05) is 37.8 Å². The lowest BCUT2D eigenvalue weighted by Crippen LogP contribution is -2.67. The summed E-state index contributed by atoms with van der Waals surface area (Å²) in [6.45, 7) is 9.12. The van der Waals surface area contributed by atoms with Gasteiger partial charge in [0.15, 0.2) is 6.29 Å². The van der Waals surface area contributed by atoms with Gasteiger partial charge in [0.25, 0.3) is 0 Å². The molecule has 2 fully saturated rings. The molecule has 0 saturated heterocycles. The van der Waals surface area contributed by atoms with Crippen molar-refractivity contribution in [1.82, 2.24) is 5.32 Å². The lowest BCUT2D eigenvalue weighted by atomic mass is 9.51. The van der Waals surface area contributed by atoms with E-state index in [2.05, 4.69) is 12.2 Å². The zero-order chi connectivity index (χ0) is 13.7. The molecule has 2 atom stereocenters. The first-order chi connectivity index (χ1) is 9.26. The average Bonchev–Trinajstić information content (AvgIpc) is 2.31. The Hall–Kier alpha value is -0.160. The van der Waals surface area contributed by atoms with Crippen molar-refractivity contribution < 1.29 is 14.2 Å². The Bertz CT molecular complexity index is 262. The van der Waals surface area contributed by atoms with E-state index in [-0.39, 0.29) is 6.29 Å². The maximum Gasteiger partial charge on any atom is 0.169 e. The molecule has 2 aliphatic rings. The summed E-state index contributed by atoms with van der Waals surface area (Å²) in [5, 5.41) is 3.64. The number of nitrogens with one attached hydrogen (secondary N) is 1. The van der Waals surface area contributed by atoms with Gasteiger partial charge in [0.05, 0.1) is 6.10 Å². The molecular formula is C15H29NO3. The molecule has 2 saturated carbocycles. The van der Waals surface area contributed by atoms with E-state index in [9.17, 15) is 0 Å². The minimum atomic E-state index is -0.113. The average molecular weight is 271 g/mol. The Balaban J connectivity index is 1.77. The fraction of sp³-hybridized carbons (Fsp3) is 1.00. The van der Waals surface area contributed by atoms with Crippen LogP contribution in [-0.2, 0) is 14.2 Å². The van der Waals surface area contributed by atoms with Crippen LogP contribution in [0.5, 0.6) is 0 Å². The van der Waals surface area contributed by atoms with Crippen LogP contribution >= 0.6 is 0 Å². The number of ether oxygens (including phenoxy) is 3. The quantitative estimate of drug-likeness (QED) is 0.653. The molecule has 112 valence electrons. The SMILES string of the molecule is CCOC(CNC1CC(OCC)C12CCC2)OCC. The fourth-order valence-corrected chi connectivity index (χ4v) is 3.50. The predicted molar refractivity (Wildman–Crippen MR) is 75.1 cm³/mol. The number of rotatable bonds is 9. The van der Waals surface area contributed by atoms with Crippen molar-refractivity contribution in [2.45, 2.75) is 64.9 Å². The highest BCUT2D eigenvalue weighted by molar-refractivity contribution is 5.12.